The summed E-state index contributed by atoms with van der Waals surface area (Å²) in [6.45, 7) is 15.9. The Bertz CT molecular complexity index is 1060. The van der Waals surface area contributed by atoms with Crippen LogP contribution in [0.3, 0.4) is 0 Å². The molecule has 0 aromatic carbocycles. The third-order valence-electron chi connectivity index (χ3n) is 12.0. The highest BCUT2D eigenvalue weighted by molar-refractivity contribution is 8.00. The lowest BCUT2D eigenvalue weighted by molar-refractivity contribution is -0.263. The highest BCUT2D eigenvalue weighted by atomic mass is 32.2. The molecule has 11 heteroatoms. The van der Waals surface area contributed by atoms with E-state index in [0.717, 1.165) is 25.7 Å². The van der Waals surface area contributed by atoms with Crippen LogP contribution < -0.4 is 5.32 Å². The van der Waals surface area contributed by atoms with Gasteiger partial charge in [0.2, 0.25) is 0 Å². The maximum absolute atomic E-state index is 13.8. The fraction of sp³-hybridized carbons (Fsp3) is 0.941. The van der Waals surface area contributed by atoms with E-state index in [2.05, 4.69) is 33.0 Å². The Kier molecular flexibility index (Phi) is 10.5. The molecule has 1 saturated heterocycles. The van der Waals surface area contributed by atoms with Crippen LogP contribution in [0.1, 0.15) is 93.4 Å². The van der Waals surface area contributed by atoms with Crippen molar-refractivity contribution in [1.82, 2.24) is 5.32 Å². The molecular formula is C34H57NO9S. The number of hydrogen-bond acceptors (Lipinski definition) is 10. The third kappa shape index (κ3) is 6.64. The largest absolute Gasteiger partial charge is 0.461 e. The molecule has 258 valence electrons. The van der Waals surface area contributed by atoms with E-state index in [4.69, 9.17) is 28.4 Å². The molecule has 2 bridgehead atoms. The van der Waals surface area contributed by atoms with Crippen LogP contribution in [0.5, 0.6) is 0 Å². The molecule has 5 aliphatic rings. The predicted octanol–water partition coefficient (Wildman–Crippen LogP) is 5.29. The number of rotatable bonds is 8. The SMILES string of the molecule is COCO[C@@H]1[C@H](C)[C@H](OC(=O)CS[C@@H]2CC[C@@H](NC(=O)OC(C)(C)C)C[C@H]2O)[C@]2(C)[C@H](C)CC[C@]3(CCC4(OCCO4)[C@H]32)[C@H]1C. The molecule has 0 unspecified atom stereocenters. The number of carbonyl (C=O) groups is 2. The zero-order valence-corrected chi connectivity index (χ0v) is 29.4. The van der Waals surface area contributed by atoms with Crippen LogP contribution in [0.25, 0.3) is 0 Å². The van der Waals surface area contributed by atoms with Crippen molar-refractivity contribution in [2.75, 3.05) is 32.9 Å². The molecule has 1 amide bonds. The summed E-state index contributed by atoms with van der Waals surface area (Å²) in [4.78, 5) is 26.0. The number of amides is 1. The minimum absolute atomic E-state index is 0.0513. The van der Waals surface area contributed by atoms with Gasteiger partial charge in [0, 0.05) is 42.1 Å². The van der Waals surface area contributed by atoms with Gasteiger partial charge in [-0.2, -0.15) is 0 Å². The van der Waals surface area contributed by atoms with Crippen LogP contribution >= 0.6 is 11.8 Å². The van der Waals surface area contributed by atoms with E-state index in [-0.39, 0.29) is 70.4 Å². The fourth-order valence-corrected chi connectivity index (χ4v) is 11.0. The van der Waals surface area contributed by atoms with Crippen molar-refractivity contribution in [3.63, 3.8) is 0 Å². The average molecular weight is 656 g/mol. The van der Waals surface area contributed by atoms with Gasteiger partial charge in [0.25, 0.3) is 0 Å². The second kappa shape index (κ2) is 13.4. The van der Waals surface area contributed by atoms with Gasteiger partial charge in [0.05, 0.1) is 31.2 Å². The highest BCUT2D eigenvalue weighted by Gasteiger charge is 2.75. The Morgan fingerprint density at radius 1 is 1.04 bits per heavy atom. The van der Waals surface area contributed by atoms with Gasteiger partial charge >= 0.3 is 12.1 Å². The molecule has 2 N–H and O–H groups in total. The van der Waals surface area contributed by atoms with Crippen molar-refractivity contribution >= 4 is 23.8 Å². The Hall–Kier alpha value is -1.11. The predicted molar refractivity (Wildman–Crippen MR) is 171 cm³/mol. The number of methoxy groups -OCH3 is 1. The minimum atomic E-state index is -0.664. The average Bonchev–Trinajstić information content (AvgIpc) is 3.57. The second-order valence-corrected chi connectivity index (χ2v) is 16.9. The summed E-state index contributed by atoms with van der Waals surface area (Å²) >= 11 is 1.45. The summed E-state index contributed by atoms with van der Waals surface area (Å²) < 4.78 is 36.9. The van der Waals surface area contributed by atoms with Crippen LogP contribution in [-0.4, -0.2) is 91.0 Å². The molecule has 0 aromatic heterocycles. The van der Waals surface area contributed by atoms with E-state index in [0.29, 0.717) is 32.5 Å². The molecule has 11 atom stereocenters. The topological polar surface area (TPSA) is 122 Å². The quantitative estimate of drug-likeness (QED) is 0.264. The molecule has 45 heavy (non-hydrogen) atoms. The summed E-state index contributed by atoms with van der Waals surface area (Å²) in [6, 6.07) is -0.164. The number of thioether (sulfide) groups is 1. The highest BCUT2D eigenvalue weighted by Crippen LogP contribution is 2.73. The summed E-state index contributed by atoms with van der Waals surface area (Å²) in [5, 5.41) is 13.7. The first kappa shape index (κ1) is 35.2. The van der Waals surface area contributed by atoms with E-state index >= 15 is 0 Å². The molecule has 5 rings (SSSR count). The Morgan fingerprint density at radius 3 is 2.40 bits per heavy atom. The van der Waals surface area contributed by atoms with Gasteiger partial charge in [-0.3, -0.25) is 4.79 Å². The van der Waals surface area contributed by atoms with Gasteiger partial charge < -0.3 is 38.8 Å². The number of aliphatic hydroxyl groups is 1. The Morgan fingerprint density at radius 2 is 1.76 bits per heavy atom. The smallest absolute Gasteiger partial charge is 0.407 e. The zero-order chi connectivity index (χ0) is 32.8. The van der Waals surface area contributed by atoms with Crippen molar-refractivity contribution in [2.24, 2.45) is 34.5 Å². The van der Waals surface area contributed by atoms with Crippen LogP contribution in [0.2, 0.25) is 0 Å². The maximum Gasteiger partial charge on any atom is 0.407 e. The van der Waals surface area contributed by atoms with Crippen LogP contribution in [0.15, 0.2) is 0 Å². The molecule has 1 spiro atoms. The summed E-state index contributed by atoms with van der Waals surface area (Å²) in [5.41, 5.74) is -1.02. The molecule has 5 fully saturated rings. The van der Waals surface area contributed by atoms with Gasteiger partial charge in [-0.25, -0.2) is 4.79 Å². The van der Waals surface area contributed by atoms with E-state index in [1.807, 2.05) is 20.8 Å². The minimum Gasteiger partial charge on any atom is -0.461 e. The monoisotopic (exact) mass is 655 g/mol. The maximum atomic E-state index is 13.8. The number of alkyl carbamates (subject to hydrolysis) is 1. The van der Waals surface area contributed by atoms with Crippen molar-refractivity contribution in [3.05, 3.63) is 0 Å². The molecule has 1 heterocycles. The fourth-order valence-electron chi connectivity index (χ4n) is 9.99. The number of ether oxygens (including phenoxy) is 6. The number of aliphatic hydroxyl groups excluding tert-OH is 1. The lowest BCUT2D eigenvalue weighted by Crippen LogP contribution is -2.61. The van der Waals surface area contributed by atoms with Crippen molar-refractivity contribution in [3.8, 4) is 0 Å². The molecule has 0 aromatic rings. The normalized spacial score (nSPS) is 42.6. The first-order valence-corrected chi connectivity index (χ1v) is 18.1. The van der Waals surface area contributed by atoms with Crippen LogP contribution in [0, 0.1) is 34.5 Å². The van der Waals surface area contributed by atoms with Crippen molar-refractivity contribution < 1.29 is 43.1 Å². The Labute approximate surface area is 273 Å². The van der Waals surface area contributed by atoms with E-state index in [1.165, 1.54) is 11.8 Å². The molecule has 10 nitrogen and oxygen atoms in total. The van der Waals surface area contributed by atoms with Crippen LogP contribution in [0.4, 0.5) is 4.79 Å². The first-order chi connectivity index (χ1) is 21.2. The Balaban J connectivity index is 1.31. The molecule has 1 aliphatic heterocycles. The lowest BCUT2D eigenvalue weighted by atomic mass is 9.48. The van der Waals surface area contributed by atoms with Crippen molar-refractivity contribution in [2.45, 2.75) is 134 Å². The van der Waals surface area contributed by atoms with Gasteiger partial charge in [0.1, 0.15) is 18.5 Å². The molecule has 4 aliphatic carbocycles. The lowest BCUT2D eigenvalue weighted by Gasteiger charge is -2.58. The zero-order valence-electron chi connectivity index (χ0n) is 28.6. The van der Waals surface area contributed by atoms with E-state index < -0.39 is 29.7 Å². The van der Waals surface area contributed by atoms with Crippen molar-refractivity contribution in [1.29, 1.82) is 0 Å². The summed E-state index contributed by atoms with van der Waals surface area (Å²) in [5.74, 6) is -0.315. The second-order valence-electron chi connectivity index (χ2n) is 15.6. The molecule has 4 saturated carbocycles. The number of carbonyl (C=O) groups excluding carboxylic acids is 2. The van der Waals surface area contributed by atoms with E-state index in [1.54, 1.807) is 7.11 Å². The standard InChI is InChI=1S/C34H57NO9S/c1-20-11-12-33-13-14-34(41-15-16-42-34)29(33)32(20,7)28(21(2)27(22(33)3)40-19-39-8)43-26(37)18-45-25-10-9-23(17-24(25)36)35-30(38)44-31(4,5)6/h20-25,27-29,36H,9-19H2,1-8H3,(H,35,38)/t20-,21+,22+,23-,24-,25-,27-,28+,29+,32+,33+/m1/s1. The molecule has 0 radical (unpaired) electrons. The van der Waals surface area contributed by atoms with Crippen LogP contribution in [-0.2, 0) is 33.2 Å². The first-order valence-electron chi connectivity index (χ1n) is 17.0. The third-order valence-corrected chi connectivity index (χ3v) is 13.4. The van der Waals surface area contributed by atoms with Gasteiger partial charge in [-0.1, -0.05) is 27.7 Å². The number of hydrogen-bond donors (Lipinski definition) is 2. The number of nitrogens with one attached hydrogen (secondary N) is 1. The number of esters is 1. The van der Waals surface area contributed by atoms with Gasteiger partial charge in [-0.15, -0.1) is 11.8 Å². The summed E-state index contributed by atoms with van der Waals surface area (Å²) in [6.07, 6.45) is 4.10. The van der Waals surface area contributed by atoms with Gasteiger partial charge in [-0.05, 0) is 76.5 Å². The summed E-state index contributed by atoms with van der Waals surface area (Å²) in [7, 11) is 1.64. The molecular weight excluding hydrogens is 598 g/mol. The van der Waals surface area contributed by atoms with E-state index in [9.17, 15) is 14.7 Å². The van der Waals surface area contributed by atoms with Gasteiger partial charge in [0.15, 0.2) is 5.79 Å².